The number of hydrogen-bond acceptors (Lipinski definition) is 8. The van der Waals surface area contributed by atoms with Crippen molar-refractivity contribution in [1.82, 2.24) is 0 Å². The standard InChI is InChI=1S/C19H38O8P2/c20-13-19(14-25-28(21)22,15-26-29(23)24)18(16-9-5-1-2-6-10-16)27-17-11-7-3-4-8-12-17/h16-18,20-24H,1-15H2. The van der Waals surface area contributed by atoms with E-state index < -0.39 is 28.7 Å². The fourth-order valence-corrected chi connectivity index (χ4v) is 5.46. The summed E-state index contributed by atoms with van der Waals surface area (Å²) in [7, 11) is -5.22. The molecule has 1 atom stereocenters. The van der Waals surface area contributed by atoms with E-state index in [1.807, 2.05) is 0 Å². The summed E-state index contributed by atoms with van der Waals surface area (Å²) in [5, 5.41) is 10.4. The maximum atomic E-state index is 10.4. The highest BCUT2D eigenvalue weighted by Gasteiger charge is 2.46. The van der Waals surface area contributed by atoms with Crippen molar-refractivity contribution in [2.45, 2.75) is 89.3 Å². The molecule has 2 aliphatic rings. The molecule has 2 aliphatic carbocycles. The molecule has 0 saturated heterocycles. The molecule has 2 saturated carbocycles. The predicted molar refractivity (Wildman–Crippen MR) is 112 cm³/mol. The molecule has 0 amide bonds. The molecule has 0 bridgehead atoms. The van der Waals surface area contributed by atoms with Crippen LogP contribution in [0.1, 0.15) is 77.0 Å². The van der Waals surface area contributed by atoms with E-state index in [-0.39, 0.29) is 31.8 Å². The first-order valence-corrected chi connectivity index (χ1v) is 13.2. The first kappa shape index (κ1) is 25.8. The van der Waals surface area contributed by atoms with Crippen molar-refractivity contribution in [3.8, 4) is 0 Å². The Balaban J connectivity index is 2.28. The van der Waals surface area contributed by atoms with E-state index >= 15 is 0 Å². The van der Waals surface area contributed by atoms with Gasteiger partial charge in [0.15, 0.2) is 0 Å². The first-order chi connectivity index (χ1) is 14.0. The molecule has 0 heterocycles. The second kappa shape index (κ2) is 13.8. The van der Waals surface area contributed by atoms with Crippen LogP contribution in [0.15, 0.2) is 0 Å². The highest BCUT2D eigenvalue weighted by atomic mass is 31.2. The van der Waals surface area contributed by atoms with E-state index in [1.54, 1.807) is 0 Å². The van der Waals surface area contributed by atoms with Gasteiger partial charge in [-0.25, -0.2) is 0 Å². The summed E-state index contributed by atoms with van der Waals surface area (Å²) in [6.45, 7) is -0.730. The Kier molecular flexibility index (Phi) is 12.3. The Morgan fingerprint density at radius 3 is 1.59 bits per heavy atom. The van der Waals surface area contributed by atoms with E-state index in [2.05, 4.69) is 0 Å². The minimum Gasteiger partial charge on any atom is -0.396 e. The summed E-state index contributed by atoms with van der Waals surface area (Å²) < 4.78 is 16.9. The second-order valence-corrected chi connectivity index (χ2v) is 10.0. The molecule has 0 aromatic carbocycles. The summed E-state index contributed by atoms with van der Waals surface area (Å²) >= 11 is 0. The number of hydrogen-bond donors (Lipinski definition) is 5. The van der Waals surface area contributed by atoms with Gasteiger partial charge in [-0.2, -0.15) is 0 Å². The fraction of sp³-hybridized carbons (Fsp3) is 1.00. The Morgan fingerprint density at radius 1 is 0.724 bits per heavy atom. The van der Waals surface area contributed by atoms with Gasteiger partial charge in [-0.05, 0) is 31.6 Å². The number of aliphatic hydroxyl groups excluding tert-OH is 1. The molecule has 10 heteroatoms. The summed E-state index contributed by atoms with van der Waals surface area (Å²) in [5.41, 5.74) is -1.10. The van der Waals surface area contributed by atoms with Gasteiger partial charge in [-0.1, -0.05) is 51.4 Å². The predicted octanol–water partition coefficient (Wildman–Crippen LogP) is 3.50. The average Bonchev–Trinajstić information content (AvgIpc) is 3.12. The third-order valence-corrected chi connectivity index (χ3v) is 7.04. The number of aliphatic hydroxyl groups is 1. The van der Waals surface area contributed by atoms with Gasteiger partial charge < -0.3 is 38.5 Å². The summed E-state index contributed by atoms with van der Waals surface area (Å²) in [6.07, 6.45) is 12.6. The van der Waals surface area contributed by atoms with Gasteiger partial charge in [-0.15, -0.1) is 0 Å². The third kappa shape index (κ3) is 8.89. The highest BCUT2D eigenvalue weighted by Crippen LogP contribution is 2.43. The van der Waals surface area contributed by atoms with Gasteiger partial charge in [0.25, 0.3) is 0 Å². The topological polar surface area (TPSA) is 129 Å². The first-order valence-electron chi connectivity index (χ1n) is 10.8. The van der Waals surface area contributed by atoms with Crippen LogP contribution < -0.4 is 0 Å². The van der Waals surface area contributed by atoms with Gasteiger partial charge in [0.05, 0.1) is 37.4 Å². The van der Waals surface area contributed by atoms with Crippen LogP contribution in [-0.4, -0.2) is 56.7 Å². The minimum atomic E-state index is -2.61. The lowest BCUT2D eigenvalue weighted by Crippen LogP contribution is -2.52. The van der Waals surface area contributed by atoms with Crippen LogP contribution in [0.25, 0.3) is 0 Å². The van der Waals surface area contributed by atoms with Crippen molar-refractivity contribution >= 4 is 17.2 Å². The normalized spacial score (nSPS) is 22.0. The Hall–Kier alpha value is 0.540. The molecule has 29 heavy (non-hydrogen) atoms. The zero-order chi connectivity index (χ0) is 21.1. The summed E-state index contributed by atoms with van der Waals surface area (Å²) in [6, 6.07) is 0. The molecule has 172 valence electrons. The molecule has 0 spiro atoms. The zero-order valence-electron chi connectivity index (χ0n) is 17.2. The Morgan fingerprint density at radius 2 is 1.17 bits per heavy atom. The van der Waals surface area contributed by atoms with Crippen molar-refractivity contribution in [2.75, 3.05) is 19.8 Å². The van der Waals surface area contributed by atoms with E-state index in [0.717, 1.165) is 51.4 Å². The largest absolute Gasteiger partial charge is 0.396 e. The molecule has 5 N–H and O–H groups in total. The van der Waals surface area contributed by atoms with Crippen LogP contribution in [0.3, 0.4) is 0 Å². The SMILES string of the molecule is OCC(COP(O)O)(COP(O)O)C(OC1CCCCCC1)C1CCCCCC1. The van der Waals surface area contributed by atoms with E-state index in [1.165, 1.54) is 25.7 Å². The lowest BCUT2D eigenvalue weighted by Gasteiger charge is -2.44. The molecule has 0 radical (unpaired) electrons. The minimum absolute atomic E-state index is 0.0752. The molecule has 2 rings (SSSR count). The lowest BCUT2D eigenvalue weighted by molar-refractivity contribution is -0.158. The quantitative estimate of drug-likeness (QED) is 0.236. The van der Waals surface area contributed by atoms with Gasteiger partial charge in [0.2, 0.25) is 0 Å². The van der Waals surface area contributed by atoms with Crippen molar-refractivity contribution in [1.29, 1.82) is 0 Å². The van der Waals surface area contributed by atoms with Gasteiger partial charge >= 0.3 is 17.2 Å². The Bertz CT molecular complexity index is 412. The molecule has 0 aromatic heterocycles. The van der Waals surface area contributed by atoms with Gasteiger partial charge in [0, 0.05) is 0 Å². The monoisotopic (exact) mass is 456 g/mol. The maximum absolute atomic E-state index is 10.4. The van der Waals surface area contributed by atoms with E-state index in [9.17, 15) is 24.7 Å². The molecule has 0 aromatic rings. The third-order valence-electron chi connectivity index (χ3n) is 6.32. The fourth-order valence-electron chi connectivity index (χ4n) is 4.71. The lowest BCUT2D eigenvalue weighted by atomic mass is 9.75. The van der Waals surface area contributed by atoms with E-state index in [4.69, 9.17) is 13.8 Å². The Labute approximate surface area is 176 Å². The molecule has 2 fully saturated rings. The maximum Gasteiger partial charge on any atom is 0.327 e. The van der Waals surface area contributed by atoms with Gasteiger partial charge in [0.1, 0.15) is 0 Å². The van der Waals surface area contributed by atoms with Crippen molar-refractivity contribution in [2.24, 2.45) is 11.3 Å². The molecule has 1 unspecified atom stereocenters. The van der Waals surface area contributed by atoms with Crippen LogP contribution in [0.5, 0.6) is 0 Å². The highest BCUT2D eigenvalue weighted by molar-refractivity contribution is 7.39. The number of rotatable bonds is 11. The van der Waals surface area contributed by atoms with Gasteiger partial charge in [-0.3, -0.25) is 0 Å². The molecule has 0 aliphatic heterocycles. The van der Waals surface area contributed by atoms with Crippen LogP contribution in [0, 0.1) is 11.3 Å². The summed E-state index contributed by atoms with van der Waals surface area (Å²) in [4.78, 5) is 37.3. The number of ether oxygens (including phenoxy) is 1. The molecule has 8 nitrogen and oxygen atoms in total. The van der Waals surface area contributed by atoms with Crippen LogP contribution in [0.2, 0.25) is 0 Å². The molecular formula is C19H38O8P2. The zero-order valence-corrected chi connectivity index (χ0v) is 19.0. The van der Waals surface area contributed by atoms with Crippen LogP contribution >= 0.6 is 17.2 Å². The van der Waals surface area contributed by atoms with Crippen LogP contribution in [0.4, 0.5) is 0 Å². The summed E-state index contributed by atoms with van der Waals surface area (Å²) in [5.74, 6) is 0.173. The van der Waals surface area contributed by atoms with E-state index in [0.29, 0.717) is 0 Å². The van der Waals surface area contributed by atoms with Crippen molar-refractivity contribution in [3.05, 3.63) is 0 Å². The average molecular weight is 456 g/mol. The second-order valence-electron chi connectivity index (χ2n) is 8.49. The van der Waals surface area contributed by atoms with Crippen molar-refractivity contribution in [3.63, 3.8) is 0 Å². The van der Waals surface area contributed by atoms with Crippen LogP contribution in [-0.2, 0) is 13.8 Å². The smallest absolute Gasteiger partial charge is 0.327 e. The molecular weight excluding hydrogens is 418 g/mol. The van der Waals surface area contributed by atoms with Crippen molar-refractivity contribution < 1.29 is 38.5 Å².